The molecule has 8 nitrogen and oxygen atoms in total. The maximum absolute atomic E-state index is 12.4. The Bertz CT molecular complexity index is 1170. The molecule has 0 unspecified atom stereocenters. The summed E-state index contributed by atoms with van der Waals surface area (Å²) in [5.41, 5.74) is 2.31. The van der Waals surface area contributed by atoms with Crippen LogP contribution in [0.2, 0.25) is 5.02 Å². The van der Waals surface area contributed by atoms with Gasteiger partial charge in [-0.05, 0) is 42.0 Å². The van der Waals surface area contributed by atoms with E-state index in [0.29, 0.717) is 35.5 Å². The van der Waals surface area contributed by atoms with Crippen LogP contribution in [0.4, 0.5) is 11.6 Å². The molecule has 2 heterocycles. The first kappa shape index (κ1) is 18.8. The van der Waals surface area contributed by atoms with Crippen molar-refractivity contribution < 1.29 is 4.74 Å². The topological polar surface area (TPSA) is 96.3 Å². The fourth-order valence-electron chi connectivity index (χ4n) is 2.79. The molecule has 0 atom stereocenters. The van der Waals surface area contributed by atoms with Crippen molar-refractivity contribution in [1.82, 2.24) is 19.6 Å². The molecule has 0 amide bonds. The average Bonchev–Trinajstić information content (AvgIpc) is 3.16. The van der Waals surface area contributed by atoms with Gasteiger partial charge in [-0.2, -0.15) is 9.50 Å². The molecule has 3 N–H and O–H groups in total. The number of rotatable bonds is 7. The maximum atomic E-state index is 12.4. The normalized spacial score (nSPS) is 10.8. The monoisotopic (exact) mass is 410 g/mol. The van der Waals surface area contributed by atoms with Crippen LogP contribution in [0, 0.1) is 0 Å². The molecule has 4 rings (SSSR count). The molecule has 0 saturated carbocycles. The molecule has 0 aliphatic carbocycles. The molecular weight excluding hydrogens is 392 g/mol. The Morgan fingerprint density at radius 3 is 2.52 bits per heavy atom. The second-order valence-electron chi connectivity index (χ2n) is 6.36. The molecule has 0 saturated heterocycles. The number of nitrogens with one attached hydrogen (secondary N) is 3. The third-order valence-electron chi connectivity index (χ3n) is 4.32. The molecule has 4 aromatic rings. The fourth-order valence-corrected chi connectivity index (χ4v) is 2.91. The van der Waals surface area contributed by atoms with Crippen LogP contribution < -0.4 is 20.9 Å². The summed E-state index contributed by atoms with van der Waals surface area (Å²) in [6.07, 6.45) is 0. The van der Waals surface area contributed by atoms with Gasteiger partial charge in [0.05, 0.1) is 19.3 Å². The summed E-state index contributed by atoms with van der Waals surface area (Å²) in [4.78, 5) is 21.2. The summed E-state index contributed by atoms with van der Waals surface area (Å²) in [7, 11) is 1.63. The number of nitrogens with zero attached hydrogens (tertiary/aromatic N) is 3. The molecular formula is C20H19ClN6O2. The predicted octanol–water partition coefficient (Wildman–Crippen LogP) is 3.30. The molecule has 148 valence electrons. The van der Waals surface area contributed by atoms with Crippen molar-refractivity contribution in [2.45, 2.75) is 13.1 Å². The molecule has 0 aliphatic heterocycles. The van der Waals surface area contributed by atoms with Crippen molar-refractivity contribution >= 4 is 29.0 Å². The Morgan fingerprint density at radius 2 is 1.79 bits per heavy atom. The average molecular weight is 411 g/mol. The minimum atomic E-state index is -0.229. The number of H-pyrrole nitrogens is 1. The van der Waals surface area contributed by atoms with Crippen molar-refractivity contribution in [1.29, 1.82) is 0 Å². The molecule has 0 spiro atoms. The van der Waals surface area contributed by atoms with Gasteiger partial charge in [0.25, 0.3) is 11.3 Å². The number of methoxy groups -OCH3 is 1. The zero-order valence-corrected chi connectivity index (χ0v) is 16.4. The third kappa shape index (κ3) is 4.49. The SMILES string of the molecule is COc1ccc(CNc2nc3nc(CNc4ccc(Cl)cc4)cc(=O)n3[nH]2)cc1. The van der Waals surface area contributed by atoms with Crippen molar-refractivity contribution in [2.75, 3.05) is 17.7 Å². The summed E-state index contributed by atoms with van der Waals surface area (Å²) < 4.78 is 6.46. The predicted molar refractivity (Wildman–Crippen MR) is 113 cm³/mol. The van der Waals surface area contributed by atoms with Crippen LogP contribution in [0.25, 0.3) is 5.78 Å². The van der Waals surface area contributed by atoms with Crippen molar-refractivity contribution in [3.63, 3.8) is 0 Å². The van der Waals surface area contributed by atoms with Crippen LogP contribution in [0.3, 0.4) is 0 Å². The van der Waals surface area contributed by atoms with Crippen LogP contribution in [-0.4, -0.2) is 26.7 Å². The Kier molecular flexibility index (Phi) is 5.35. The number of benzene rings is 2. The Labute approximate surface area is 171 Å². The summed E-state index contributed by atoms with van der Waals surface area (Å²) in [5.74, 6) is 1.57. The van der Waals surface area contributed by atoms with E-state index in [1.165, 1.54) is 10.6 Å². The minimum absolute atomic E-state index is 0.229. The number of fused-ring (bicyclic) bond motifs is 1. The smallest absolute Gasteiger partial charge is 0.274 e. The second-order valence-corrected chi connectivity index (χ2v) is 6.79. The van der Waals surface area contributed by atoms with Gasteiger partial charge >= 0.3 is 0 Å². The van der Waals surface area contributed by atoms with Gasteiger partial charge < -0.3 is 15.4 Å². The van der Waals surface area contributed by atoms with Crippen LogP contribution in [0.1, 0.15) is 11.3 Å². The number of anilines is 2. The van der Waals surface area contributed by atoms with Crippen molar-refractivity contribution in [3.05, 3.63) is 81.2 Å². The molecule has 9 heteroatoms. The van der Waals surface area contributed by atoms with Gasteiger partial charge in [-0.1, -0.05) is 23.7 Å². The molecule has 0 aliphatic rings. The lowest BCUT2D eigenvalue weighted by atomic mass is 10.2. The van der Waals surface area contributed by atoms with E-state index in [2.05, 4.69) is 25.7 Å². The second kappa shape index (κ2) is 8.24. The van der Waals surface area contributed by atoms with Gasteiger partial charge in [-0.25, -0.2) is 4.98 Å². The van der Waals surface area contributed by atoms with E-state index >= 15 is 0 Å². The Morgan fingerprint density at radius 1 is 1.03 bits per heavy atom. The number of ether oxygens (including phenoxy) is 1. The van der Waals surface area contributed by atoms with Crippen LogP contribution >= 0.6 is 11.6 Å². The van der Waals surface area contributed by atoms with E-state index in [1.54, 1.807) is 19.2 Å². The van der Waals surface area contributed by atoms with Gasteiger partial charge in [0.2, 0.25) is 5.95 Å². The zero-order valence-electron chi connectivity index (χ0n) is 15.6. The van der Waals surface area contributed by atoms with E-state index < -0.39 is 0 Å². The Balaban J connectivity index is 1.46. The first-order valence-electron chi connectivity index (χ1n) is 8.96. The number of halogens is 1. The number of hydrogen-bond donors (Lipinski definition) is 3. The molecule has 2 aromatic carbocycles. The van der Waals surface area contributed by atoms with Crippen molar-refractivity contribution in [3.8, 4) is 5.75 Å². The highest BCUT2D eigenvalue weighted by Crippen LogP contribution is 2.14. The molecule has 0 fully saturated rings. The minimum Gasteiger partial charge on any atom is -0.497 e. The lowest BCUT2D eigenvalue weighted by Crippen LogP contribution is -2.17. The Hall–Kier alpha value is -3.52. The molecule has 29 heavy (non-hydrogen) atoms. The van der Waals surface area contributed by atoms with Crippen LogP contribution in [-0.2, 0) is 13.1 Å². The standard InChI is InChI=1S/C20H19ClN6O2/c1-29-17-8-2-13(3-9-17)11-23-19-25-20-24-16(10-18(28)27(20)26-19)12-22-15-6-4-14(21)5-7-15/h2-10,22H,11-12H2,1H3,(H2,23,24,25,26). The van der Waals surface area contributed by atoms with E-state index in [1.807, 2.05) is 36.4 Å². The van der Waals surface area contributed by atoms with Gasteiger partial charge in [-0.15, -0.1) is 0 Å². The quantitative estimate of drug-likeness (QED) is 0.432. The largest absolute Gasteiger partial charge is 0.497 e. The first-order chi connectivity index (χ1) is 14.1. The summed E-state index contributed by atoms with van der Waals surface area (Å²) in [5, 5.41) is 9.96. The van der Waals surface area contributed by atoms with Crippen LogP contribution in [0.5, 0.6) is 5.75 Å². The van der Waals surface area contributed by atoms with Gasteiger partial charge in [0.1, 0.15) is 5.75 Å². The summed E-state index contributed by atoms with van der Waals surface area (Å²) in [6.45, 7) is 0.943. The van der Waals surface area contributed by atoms with Crippen molar-refractivity contribution in [2.24, 2.45) is 0 Å². The van der Waals surface area contributed by atoms with Crippen LogP contribution in [0.15, 0.2) is 59.4 Å². The molecule has 0 bridgehead atoms. The highest BCUT2D eigenvalue weighted by atomic mass is 35.5. The summed E-state index contributed by atoms with van der Waals surface area (Å²) in [6, 6.07) is 16.5. The number of aromatic amines is 1. The van der Waals surface area contributed by atoms with Gasteiger partial charge in [0.15, 0.2) is 0 Å². The van der Waals surface area contributed by atoms with Gasteiger partial charge in [0, 0.05) is 23.3 Å². The van der Waals surface area contributed by atoms with E-state index in [-0.39, 0.29) is 5.56 Å². The highest BCUT2D eigenvalue weighted by Gasteiger charge is 2.08. The molecule has 2 aromatic heterocycles. The molecule has 0 radical (unpaired) electrons. The first-order valence-corrected chi connectivity index (χ1v) is 9.33. The third-order valence-corrected chi connectivity index (χ3v) is 4.57. The van der Waals surface area contributed by atoms with E-state index in [0.717, 1.165) is 17.0 Å². The lowest BCUT2D eigenvalue weighted by molar-refractivity contribution is 0.414. The summed E-state index contributed by atoms with van der Waals surface area (Å²) >= 11 is 5.89. The highest BCUT2D eigenvalue weighted by molar-refractivity contribution is 6.30. The van der Waals surface area contributed by atoms with E-state index in [9.17, 15) is 4.79 Å². The lowest BCUT2D eigenvalue weighted by Gasteiger charge is -2.05. The van der Waals surface area contributed by atoms with E-state index in [4.69, 9.17) is 16.3 Å². The van der Waals surface area contributed by atoms with Gasteiger partial charge in [-0.3, -0.25) is 9.89 Å². The number of hydrogen-bond acceptors (Lipinski definition) is 6. The maximum Gasteiger partial charge on any atom is 0.274 e. The fraction of sp³-hybridized carbons (Fsp3) is 0.150. The number of aromatic nitrogens is 4. The zero-order chi connectivity index (χ0) is 20.2.